The van der Waals surface area contributed by atoms with E-state index in [1.807, 2.05) is 6.07 Å². The zero-order valence-corrected chi connectivity index (χ0v) is 9.11. The van der Waals surface area contributed by atoms with Crippen LogP contribution in [0.1, 0.15) is 11.1 Å². The smallest absolute Gasteiger partial charge is 0.345 e. The van der Waals surface area contributed by atoms with E-state index in [-0.39, 0.29) is 0 Å². The van der Waals surface area contributed by atoms with E-state index >= 15 is 0 Å². The lowest BCUT2D eigenvalue weighted by molar-refractivity contribution is -0.144. The highest BCUT2D eigenvalue weighted by Crippen LogP contribution is 2.37. The van der Waals surface area contributed by atoms with Gasteiger partial charge in [-0.3, -0.25) is 0 Å². The van der Waals surface area contributed by atoms with Crippen molar-refractivity contribution >= 4 is 21.9 Å². The Bertz CT molecular complexity index is 478. The summed E-state index contributed by atoms with van der Waals surface area (Å²) in [6.07, 6.45) is -0.538. The fraction of sp³-hybridized carbons (Fsp3) is 0.200. The Kier molecular flexibility index (Phi) is 2.37. The van der Waals surface area contributed by atoms with Crippen LogP contribution in [0.5, 0.6) is 5.75 Å². The van der Waals surface area contributed by atoms with Gasteiger partial charge in [0.05, 0.1) is 16.1 Å². The number of carboxylic acid groups (broad SMARTS) is 1. The summed E-state index contributed by atoms with van der Waals surface area (Å²) in [5.74, 6) is -0.460. The van der Waals surface area contributed by atoms with Gasteiger partial charge in [-0.15, -0.1) is 0 Å². The van der Waals surface area contributed by atoms with E-state index in [9.17, 15) is 4.79 Å². The first-order valence-corrected chi connectivity index (χ1v) is 5.03. The second-order valence-electron chi connectivity index (χ2n) is 3.21. The maximum absolute atomic E-state index is 10.7. The van der Waals surface area contributed by atoms with Crippen LogP contribution in [0, 0.1) is 11.3 Å². The van der Waals surface area contributed by atoms with Gasteiger partial charge in [0, 0.05) is 12.0 Å². The number of carbonyl (C=O) groups is 1. The monoisotopic (exact) mass is 267 g/mol. The number of halogens is 1. The maximum Gasteiger partial charge on any atom is 0.345 e. The summed E-state index contributed by atoms with van der Waals surface area (Å²) in [5.41, 5.74) is 1.25. The third kappa shape index (κ3) is 1.68. The highest BCUT2D eigenvalue weighted by atomic mass is 79.9. The minimum absolute atomic E-state index is 0.304. The maximum atomic E-state index is 10.7. The molecular weight excluding hydrogens is 262 g/mol. The Morgan fingerprint density at radius 1 is 1.67 bits per heavy atom. The van der Waals surface area contributed by atoms with Crippen LogP contribution in [0.15, 0.2) is 16.6 Å². The van der Waals surface area contributed by atoms with E-state index in [2.05, 4.69) is 15.9 Å². The lowest BCUT2D eigenvalue weighted by Gasteiger charge is -2.05. The third-order valence-electron chi connectivity index (χ3n) is 2.19. The van der Waals surface area contributed by atoms with Crippen molar-refractivity contribution in [1.82, 2.24) is 0 Å². The number of ether oxygens (including phenoxy) is 1. The fourth-order valence-corrected chi connectivity index (χ4v) is 2.11. The van der Waals surface area contributed by atoms with E-state index < -0.39 is 12.1 Å². The molecule has 4 nitrogen and oxygen atoms in total. The van der Waals surface area contributed by atoms with Crippen LogP contribution in [-0.4, -0.2) is 17.2 Å². The summed E-state index contributed by atoms with van der Waals surface area (Å²) in [7, 11) is 0. The van der Waals surface area contributed by atoms with Gasteiger partial charge < -0.3 is 9.84 Å². The Morgan fingerprint density at radius 2 is 2.40 bits per heavy atom. The van der Waals surface area contributed by atoms with Crippen LogP contribution < -0.4 is 4.74 Å². The van der Waals surface area contributed by atoms with Crippen molar-refractivity contribution < 1.29 is 14.6 Å². The predicted octanol–water partition coefficient (Wildman–Crippen LogP) is 1.71. The fourth-order valence-electron chi connectivity index (χ4n) is 1.52. The van der Waals surface area contributed by atoms with Gasteiger partial charge in [-0.05, 0) is 28.1 Å². The summed E-state index contributed by atoms with van der Waals surface area (Å²) >= 11 is 3.25. The molecule has 0 amide bonds. The van der Waals surface area contributed by atoms with Gasteiger partial charge in [0.25, 0.3) is 0 Å². The molecule has 1 N–H and O–H groups in total. The van der Waals surface area contributed by atoms with E-state index in [0.29, 0.717) is 22.2 Å². The van der Waals surface area contributed by atoms with E-state index in [4.69, 9.17) is 15.1 Å². The number of nitrogens with zero attached hydrogens (tertiary/aromatic N) is 1. The molecule has 0 aliphatic carbocycles. The number of hydrogen-bond acceptors (Lipinski definition) is 3. The van der Waals surface area contributed by atoms with Crippen molar-refractivity contribution in [3.63, 3.8) is 0 Å². The van der Waals surface area contributed by atoms with Gasteiger partial charge in [-0.1, -0.05) is 0 Å². The zero-order valence-electron chi connectivity index (χ0n) is 7.53. The molecule has 1 aromatic rings. The van der Waals surface area contributed by atoms with Gasteiger partial charge in [0.1, 0.15) is 5.75 Å². The van der Waals surface area contributed by atoms with Crippen molar-refractivity contribution in [3.05, 3.63) is 27.7 Å². The van der Waals surface area contributed by atoms with Crippen molar-refractivity contribution in [3.8, 4) is 11.8 Å². The number of rotatable bonds is 1. The second-order valence-corrected chi connectivity index (χ2v) is 4.06. The first kappa shape index (κ1) is 9.99. The molecule has 0 spiro atoms. The number of nitriles is 1. The molecule has 0 saturated heterocycles. The normalized spacial score (nSPS) is 17.7. The van der Waals surface area contributed by atoms with Gasteiger partial charge >= 0.3 is 5.97 Å². The molecule has 1 atom stereocenters. The number of benzene rings is 1. The summed E-state index contributed by atoms with van der Waals surface area (Å²) in [6, 6.07) is 5.28. The van der Waals surface area contributed by atoms with Crippen LogP contribution in [0.2, 0.25) is 0 Å². The molecule has 1 aliphatic heterocycles. The second kappa shape index (κ2) is 3.55. The molecule has 0 fully saturated rings. The number of fused-ring (bicyclic) bond motifs is 1. The number of carboxylic acids is 1. The number of aliphatic carboxylic acids is 1. The van der Waals surface area contributed by atoms with E-state index in [1.54, 1.807) is 12.1 Å². The minimum Gasteiger partial charge on any atom is -0.478 e. The quantitative estimate of drug-likeness (QED) is 0.841. The first-order valence-electron chi connectivity index (χ1n) is 4.24. The molecule has 2 rings (SSSR count). The summed E-state index contributed by atoms with van der Waals surface area (Å²) in [5, 5.41) is 17.5. The van der Waals surface area contributed by atoms with Crippen LogP contribution in [0.25, 0.3) is 0 Å². The lowest BCUT2D eigenvalue weighted by Crippen LogP contribution is -2.24. The van der Waals surface area contributed by atoms with Crippen LogP contribution in [0.3, 0.4) is 0 Å². The van der Waals surface area contributed by atoms with Gasteiger partial charge in [0.15, 0.2) is 6.10 Å². The highest BCUT2D eigenvalue weighted by molar-refractivity contribution is 9.10. The molecular formula is C10H6BrNO3. The number of hydrogen-bond donors (Lipinski definition) is 1. The van der Waals surface area contributed by atoms with Gasteiger partial charge in [0.2, 0.25) is 0 Å². The van der Waals surface area contributed by atoms with Crippen LogP contribution >= 0.6 is 15.9 Å². The van der Waals surface area contributed by atoms with Crippen LogP contribution in [0.4, 0.5) is 0 Å². The Labute approximate surface area is 94.2 Å². The molecule has 0 saturated carbocycles. The molecule has 0 bridgehead atoms. The van der Waals surface area contributed by atoms with Gasteiger partial charge in [-0.25, -0.2) is 4.79 Å². The predicted molar refractivity (Wildman–Crippen MR) is 54.6 cm³/mol. The zero-order chi connectivity index (χ0) is 11.0. The Morgan fingerprint density at radius 3 is 3.00 bits per heavy atom. The highest BCUT2D eigenvalue weighted by Gasteiger charge is 2.30. The third-order valence-corrected chi connectivity index (χ3v) is 2.78. The average Bonchev–Trinajstić information content (AvgIpc) is 2.61. The van der Waals surface area contributed by atoms with Crippen molar-refractivity contribution in [1.29, 1.82) is 5.26 Å². The summed E-state index contributed by atoms with van der Waals surface area (Å²) < 4.78 is 5.87. The topological polar surface area (TPSA) is 70.3 Å². The molecule has 1 aliphatic rings. The Hall–Kier alpha value is -1.54. The standard InChI is InChI=1S/C10H6BrNO3/c11-7-2-5(4-12)1-6-3-8(10(13)14)15-9(6)7/h1-2,8H,3H2,(H,13,14). The SMILES string of the molecule is N#Cc1cc(Br)c2c(c1)CC(C(=O)O)O2. The molecule has 5 heteroatoms. The lowest BCUT2D eigenvalue weighted by atomic mass is 10.1. The molecule has 0 aromatic heterocycles. The molecule has 1 unspecified atom stereocenters. The molecule has 0 radical (unpaired) electrons. The largest absolute Gasteiger partial charge is 0.478 e. The minimum atomic E-state index is -0.989. The van der Waals surface area contributed by atoms with Gasteiger partial charge in [-0.2, -0.15) is 5.26 Å². The van der Waals surface area contributed by atoms with Crippen molar-refractivity contribution in [2.45, 2.75) is 12.5 Å². The summed E-state index contributed by atoms with van der Waals surface area (Å²) in [4.78, 5) is 10.7. The molecule has 1 aromatic carbocycles. The van der Waals surface area contributed by atoms with E-state index in [0.717, 1.165) is 5.56 Å². The first-order chi connectivity index (χ1) is 7.11. The average molecular weight is 268 g/mol. The van der Waals surface area contributed by atoms with Crippen LogP contribution in [-0.2, 0) is 11.2 Å². The molecule has 1 heterocycles. The molecule has 15 heavy (non-hydrogen) atoms. The van der Waals surface area contributed by atoms with Crippen molar-refractivity contribution in [2.24, 2.45) is 0 Å². The van der Waals surface area contributed by atoms with E-state index in [1.165, 1.54) is 0 Å². The molecule has 76 valence electrons. The summed E-state index contributed by atoms with van der Waals surface area (Å²) in [6.45, 7) is 0. The van der Waals surface area contributed by atoms with Crippen molar-refractivity contribution in [2.75, 3.05) is 0 Å². The Balaban J connectivity index is 2.43.